The molecule has 1 aromatic carbocycles. The van der Waals surface area contributed by atoms with Crippen LogP contribution in [0.15, 0.2) is 18.2 Å². The van der Waals surface area contributed by atoms with Crippen molar-refractivity contribution >= 4 is 23.0 Å². The molecule has 1 atom stereocenters. The Morgan fingerprint density at radius 1 is 1.43 bits per heavy atom. The van der Waals surface area contributed by atoms with E-state index in [2.05, 4.69) is 10.6 Å². The Hall–Kier alpha value is -1.71. The number of amides is 1. The van der Waals surface area contributed by atoms with Gasteiger partial charge in [-0.25, -0.2) is 0 Å². The molecule has 4 nitrogen and oxygen atoms in total. The quantitative estimate of drug-likeness (QED) is 0.543. The number of carbonyl (C=O) groups excluding carboxylic acids is 1. The van der Waals surface area contributed by atoms with Gasteiger partial charge >= 0.3 is 0 Å². The molecule has 0 saturated carbocycles. The molecule has 0 radical (unpaired) electrons. The summed E-state index contributed by atoms with van der Waals surface area (Å²) in [6.45, 7) is 1.97. The van der Waals surface area contributed by atoms with Crippen LogP contribution in [0.4, 0.5) is 17.1 Å². The summed E-state index contributed by atoms with van der Waals surface area (Å²) in [6.07, 6.45) is 0.481. The van der Waals surface area contributed by atoms with E-state index in [1.165, 1.54) is 0 Å². The van der Waals surface area contributed by atoms with E-state index in [1.807, 2.05) is 19.1 Å². The molecule has 2 rings (SSSR count). The molecule has 0 bridgehead atoms. The zero-order valence-electron chi connectivity index (χ0n) is 8.00. The number of nitrogen functional groups attached to an aromatic ring is 1. The maximum Gasteiger partial charge on any atom is 0.226 e. The van der Waals surface area contributed by atoms with Crippen LogP contribution in [0.5, 0.6) is 0 Å². The van der Waals surface area contributed by atoms with Crippen molar-refractivity contribution in [2.24, 2.45) is 0 Å². The molecule has 0 aliphatic carbocycles. The van der Waals surface area contributed by atoms with Crippen molar-refractivity contribution in [2.75, 3.05) is 16.4 Å². The first-order valence-electron chi connectivity index (χ1n) is 4.61. The molecule has 1 aliphatic rings. The van der Waals surface area contributed by atoms with Crippen molar-refractivity contribution in [3.63, 3.8) is 0 Å². The number of carbonyl (C=O) groups is 1. The van der Waals surface area contributed by atoms with Crippen LogP contribution in [0.2, 0.25) is 0 Å². The molecule has 1 amide bonds. The van der Waals surface area contributed by atoms with Gasteiger partial charge in [0.1, 0.15) is 0 Å². The number of nitrogens with two attached hydrogens (primary N) is 1. The third kappa shape index (κ3) is 1.64. The monoisotopic (exact) mass is 191 g/mol. The number of fused-ring (bicyclic) bond motifs is 1. The maximum atomic E-state index is 11.4. The molecule has 74 valence electrons. The molecule has 1 unspecified atom stereocenters. The standard InChI is InChI=1S/C10H13N3O/c1-6-4-10(14)13-8-3-2-7(11)5-9(8)12-6/h2-3,5-6,12H,4,11H2,1H3,(H,13,14). The van der Waals surface area contributed by atoms with E-state index in [1.54, 1.807) is 6.07 Å². The lowest BCUT2D eigenvalue weighted by molar-refractivity contribution is -0.116. The number of rotatable bonds is 0. The summed E-state index contributed by atoms with van der Waals surface area (Å²) in [4.78, 5) is 11.4. The molecule has 1 aliphatic heterocycles. The highest BCUT2D eigenvalue weighted by molar-refractivity contribution is 5.96. The van der Waals surface area contributed by atoms with E-state index in [-0.39, 0.29) is 11.9 Å². The first kappa shape index (κ1) is 8.87. The van der Waals surface area contributed by atoms with Gasteiger partial charge in [0.2, 0.25) is 5.91 Å². The van der Waals surface area contributed by atoms with Gasteiger partial charge in [-0.1, -0.05) is 0 Å². The van der Waals surface area contributed by atoms with Crippen LogP contribution in [0.1, 0.15) is 13.3 Å². The number of anilines is 3. The Kier molecular flexibility index (Phi) is 2.04. The highest BCUT2D eigenvalue weighted by Gasteiger charge is 2.16. The summed E-state index contributed by atoms with van der Waals surface area (Å²) in [7, 11) is 0. The first-order valence-corrected chi connectivity index (χ1v) is 4.61. The Morgan fingerprint density at radius 2 is 2.21 bits per heavy atom. The van der Waals surface area contributed by atoms with E-state index in [0.717, 1.165) is 11.4 Å². The lowest BCUT2D eigenvalue weighted by Crippen LogP contribution is -2.18. The van der Waals surface area contributed by atoms with Crippen LogP contribution in [-0.2, 0) is 4.79 Å². The minimum Gasteiger partial charge on any atom is -0.399 e. The van der Waals surface area contributed by atoms with Crippen LogP contribution in [0.3, 0.4) is 0 Å². The second-order valence-electron chi connectivity index (χ2n) is 3.60. The molecular weight excluding hydrogens is 178 g/mol. The summed E-state index contributed by atoms with van der Waals surface area (Å²) < 4.78 is 0. The average Bonchev–Trinajstić information content (AvgIpc) is 2.21. The fourth-order valence-corrected chi connectivity index (χ4v) is 1.59. The normalized spacial score (nSPS) is 20.4. The van der Waals surface area contributed by atoms with Gasteiger partial charge in [0.25, 0.3) is 0 Å². The van der Waals surface area contributed by atoms with Gasteiger partial charge in [0, 0.05) is 18.2 Å². The zero-order valence-corrected chi connectivity index (χ0v) is 8.00. The first-order chi connectivity index (χ1) is 6.65. The molecule has 4 N–H and O–H groups in total. The van der Waals surface area contributed by atoms with Gasteiger partial charge in [0.15, 0.2) is 0 Å². The third-order valence-electron chi connectivity index (χ3n) is 2.21. The van der Waals surface area contributed by atoms with E-state index < -0.39 is 0 Å². The fourth-order valence-electron chi connectivity index (χ4n) is 1.59. The summed E-state index contributed by atoms with van der Waals surface area (Å²) >= 11 is 0. The van der Waals surface area contributed by atoms with Gasteiger partial charge in [-0.05, 0) is 25.1 Å². The van der Waals surface area contributed by atoms with Crippen LogP contribution >= 0.6 is 0 Å². The van der Waals surface area contributed by atoms with Gasteiger partial charge in [-0.3, -0.25) is 4.79 Å². The van der Waals surface area contributed by atoms with Gasteiger partial charge < -0.3 is 16.4 Å². The van der Waals surface area contributed by atoms with Gasteiger partial charge in [0.05, 0.1) is 11.4 Å². The van der Waals surface area contributed by atoms with Gasteiger partial charge in [-0.15, -0.1) is 0 Å². The SMILES string of the molecule is CC1CC(=O)Nc2ccc(N)cc2N1. The Morgan fingerprint density at radius 3 is 3.00 bits per heavy atom. The maximum absolute atomic E-state index is 11.4. The van der Waals surface area contributed by atoms with Crippen LogP contribution in [-0.4, -0.2) is 11.9 Å². The van der Waals surface area contributed by atoms with Crippen LogP contribution in [0.25, 0.3) is 0 Å². The molecule has 1 heterocycles. The van der Waals surface area contributed by atoms with Crippen molar-refractivity contribution in [3.05, 3.63) is 18.2 Å². The Bertz CT molecular complexity index is 376. The highest BCUT2D eigenvalue weighted by Crippen LogP contribution is 2.27. The van der Waals surface area contributed by atoms with E-state index in [0.29, 0.717) is 12.1 Å². The van der Waals surface area contributed by atoms with Crippen molar-refractivity contribution in [1.29, 1.82) is 0 Å². The molecular formula is C10H13N3O. The second kappa shape index (κ2) is 3.21. The number of hydrogen-bond acceptors (Lipinski definition) is 3. The number of hydrogen-bond donors (Lipinski definition) is 3. The van der Waals surface area contributed by atoms with E-state index >= 15 is 0 Å². The lowest BCUT2D eigenvalue weighted by Gasteiger charge is -2.11. The molecule has 0 aromatic heterocycles. The summed E-state index contributed by atoms with van der Waals surface area (Å²) in [6, 6.07) is 5.56. The van der Waals surface area contributed by atoms with Crippen molar-refractivity contribution in [2.45, 2.75) is 19.4 Å². The molecule has 14 heavy (non-hydrogen) atoms. The molecule has 0 spiro atoms. The topological polar surface area (TPSA) is 67.2 Å². The molecule has 0 fully saturated rings. The Balaban J connectivity index is 2.41. The minimum absolute atomic E-state index is 0.0357. The van der Waals surface area contributed by atoms with E-state index in [4.69, 9.17) is 5.73 Å². The highest BCUT2D eigenvalue weighted by atomic mass is 16.1. The van der Waals surface area contributed by atoms with Crippen molar-refractivity contribution < 1.29 is 4.79 Å². The van der Waals surface area contributed by atoms with Crippen LogP contribution < -0.4 is 16.4 Å². The van der Waals surface area contributed by atoms with Crippen molar-refractivity contribution in [3.8, 4) is 0 Å². The van der Waals surface area contributed by atoms with Crippen LogP contribution in [0, 0.1) is 0 Å². The number of benzene rings is 1. The minimum atomic E-state index is 0.0357. The third-order valence-corrected chi connectivity index (χ3v) is 2.21. The molecule has 4 heteroatoms. The van der Waals surface area contributed by atoms with Crippen molar-refractivity contribution in [1.82, 2.24) is 0 Å². The zero-order chi connectivity index (χ0) is 10.1. The fraction of sp³-hybridized carbons (Fsp3) is 0.300. The predicted octanol–water partition coefficient (Wildman–Crippen LogP) is 1.41. The predicted molar refractivity (Wildman–Crippen MR) is 57.2 cm³/mol. The molecule has 0 saturated heterocycles. The largest absolute Gasteiger partial charge is 0.399 e. The average molecular weight is 191 g/mol. The van der Waals surface area contributed by atoms with E-state index in [9.17, 15) is 4.79 Å². The van der Waals surface area contributed by atoms with Gasteiger partial charge in [-0.2, -0.15) is 0 Å². The molecule has 1 aromatic rings. The summed E-state index contributed by atoms with van der Waals surface area (Å²) in [5.41, 5.74) is 8.05. The Labute approximate surface area is 82.5 Å². The second-order valence-corrected chi connectivity index (χ2v) is 3.60. The smallest absolute Gasteiger partial charge is 0.226 e. The lowest BCUT2D eigenvalue weighted by atomic mass is 10.2. The summed E-state index contributed by atoms with van der Waals surface area (Å²) in [5, 5.41) is 6.05. The summed E-state index contributed by atoms with van der Waals surface area (Å²) in [5.74, 6) is 0.0357. The number of nitrogens with one attached hydrogen (secondary N) is 2.